The highest BCUT2D eigenvalue weighted by Crippen LogP contribution is 2.25. The highest BCUT2D eigenvalue weighted by Gasteiger charge is 2.22. The lowest BCUT2D eigenvalue weighted by atomic mass is 10.1. The number of hydrogen-bond acceptors (Lipinski definition) is 7. The molecule has 0 saturated carbocycles. The predicted octanol–water partition coefficient (Wildman–Crippen LogP) is 3.56. The van der Waals surface area contributed by atoms with E-state index < -0.39 is 22.3 Å². The molecule has 180 valence electrons. The SMILES string of the molecule is COC(=O)c1ccc(Oc2ccccc2)cc1CNS(=O)(=O)c1ccc(C)cc1CC(O)OC. The third-order valence-electron chi connectivity index (χ3n) is 5.09. The summed E-state index contributed by atoms with van der Waals surface area (Å²) in [4.78, 5) is 12.3. The third-order valence-corrected chi connectivity index (χ3v) is 6.59. The maximum absolute atomic E-state index is 13.2. The molecule has 3 rings (SSSR count). The average Bonchev–Trinajstić information content (AvgIpc) is 2.83. The summed E-state index contributed by atoms with van der Waals surface area (Å²) in [6.45, 7) is 1.65. The number of carbonyl (C=O) groups excluding carboxylic acids is 1. The van der Waals surface area contributed by atoms with E-state index >= 15 is 0 Å². The number of methoxy groups -OCH3 is 2. The maximum Gasteiger partial charge on any atom is 0.338 e. The smallest absolute Gasteiger partial charge is 0.338 e. The summed E-state index contributed by atoms with van der Waals surface area (Å²) in [5.41, 5.74) is 1.85. The standard InChI is InChI=1S/C25H27NO7S/c1-17-9-12-23(18(13-17)15-24(27)31-2)34(29,30)26-16-19-14-21(10-11-22(19)25(28)32-3)33-20-7-5-4-6-8-20/h4-14,24,26-27H,15-16H2,1-3H3. The molecule has 0 saturated heterocycles. The first kappa shape index (κ1) is 25.4. The first-order valence-corrected chi connectivity index (χ1v) is 12.0. The summed E-state index contributed by atoms with van der Waals surface area (Å²) in [7, 11) is -1.40. The van der Waals surface area contributed by atoms with Gasteiger partial charge in [0.2, 0.25) is 10.0 Å². The maximum atomic E-state index is 13.2. The van der Waals surface area contributed by atoms with Gasteiger partial charge in [0.1, 0.15) is 11.5 Å². The number of sulfonamides is 1. The molecule has 0 bridgehead atoms. The third kappa shape index (κ3) is 6.42. The van der Waals surface area contributed by atoms with Gasteiger partial charge in [-0.25, -0.2) is 17.9 Å². The van der Waals surface area contributed by atoms with Crippen molar-refractivity contribution in [1.29, 1.82) is 0 Å². The van der Waals surface area contributed by atoms with E-state index in [1.165, 1.54) is 26.4 Å². The molecule has 0 spiro atoms. The minimum atomic E-state index is -3.99. The zero-order valence-corrected chi connectivity index (χ0v) is 20.0. The molecule has 0 aliphatic carbocycles. The van der Waals surface area contributed by atoms with Gasteiger partial charge in [0.15, 0.2) is 6.29 Å². The van der Waals surface area contributed by atoms with E-state index in [9.17, 15) is 18.3 Å². The van der Waals surface area contributed by atoms with Gasteiger partial charge in [0.05, 0.1) is 17.6 Å². The van der Waals surface area contributed by atoms with Crippen molar-refractivity contribution in [2.45, 2.75) is 31.1 Å². The number of para-hydroxylation sites is 1. The molecule has 0 aliphatic heterocycles. The van der Waals surface area contributed by atoms with Crippen molar-refractivity contribution in [1.82, 2.24) is 4.72 Å². The minimum Gasteiger partial charge on any atom is -0.465 e. The van der Waals surface area contributed by atoms with E-state index in [2.05, 4.69) is 4.72 Å². The molecule has 8 nitrogen and oxygen atoms in total. The van der Waals surface area contributed by atoms with Gasteiger partial charge in [-0.15, -0.1) is 0 Å². The summed E-state index contributed by atoms with van der Waals surface area (Å²) in [5, 5.41) is 9.87. The fourth-order valence-electron chi connectivity index (χ4n) is 3.37. The largest absolute Gasteiger partial charge is 0.465 e. The molecule has 9 heteroatoms. The number of aryl methyl sites for hydroxylation is 1. The highest BCUT2D eigenvalue weighted by atomic mass is 32.2. The number of aliphatic hydroxyl groups excluding tert-OH is 1. The molecule has 1 unspecified atom stereocenters. The Labute approximate surface area is 199 Å². The number of carbonyl (C=O) groups is 1. The topological polar surface area (TPSA) is 111 Å². The molecule has 2 N–H and O–H groups in total. The lowest BCUT2D eigenvalue weighted by Crippen LogP contribution is -2.26. The van der Waals surface area contributed by atoms with Crippen LogP contribution in [0.15, 0.2) is 71.6 Å². The molecular formula is C25H27NO7S. The van der Waals surface area contributed by atoms with Gasteiger partial charge in [0.25, 0.3) is 0 Å². The average molecular weight is 486 g/mol. The number of rotatable bonds is 10. The van der Waals surface area contributed by atoms with E-state index in [1.54, 1.807) is 36.4 Å². The predicted molar refractivity (Wildman–Crippen MR) is 126 cm³/mol. The number of hydrogen-bond donors (Lipinski definition) is 2. The van der Waals surface area contributed by atoms with E-state index in [4.69, 9.17) is 14.2 Å². The Morgan fingerprint density at radius 1 is 0.971 bits per heavy atom. The molecule has 0 fully saturated rings. The molecule has 1 atom stereocenters. The normalized spacial score (nSPS) is 12.2. The van der Waals surface area contributed by atoms with Crippen molar-refractivity contribution < 1.29 is 32.5 Å². The fourth-order valence-corrected chi connectivity index (χ4v) is 4.60. The summed E-state index contributed by atoms with van der Waals surface area (Å²) >= 11 is 0. The summed E-state index contributed by atoms with van der Waals surface area (Å²) in [5.74, 6) is 0.438. The summed E-state index contributed by atoms with van der Waals surface area (Å²) in [6.07, 6.45) is -1.14. The Morgan fingerprint density at radius 2 is 1.71 bits per heavy atom. The first-order chi connectivity index (χ1) is 16.2. The van der Waals surface area contributed by atoms with Crippen molar-refractivity contribution >= 4 is 16.0 Å². The molecule has 0 aliphatic rings. The fraction of sp³-hybridized carbons (Fsp3) is 0.240. The van der Waals surface area contributed by atoms with Crippen LogP contribution >= 0.6 is 0 Å². The van der Waals surface area contributed by atoms with Crippen LogP contribution in [0.1, 0.15) is 27.0 Å². The number of esters is 1. The van der Waals surface area contributed by atoms with Crippen LogP contribution < -0.4 is 9.46 Å². The molecule has 34 heavy (non-hydrogen) atoms. The van der Waals surface area contributed by atoms with Crippen LogP contribution in [-0.4, -0.2) is 40.0 Å². The second kappa shape index (κ2) is 11.3. The molecule has 0 heterocycles. The first-order valence-electron chi connectivity index (χ1n) is 10.5. The Bertz CT molecular complexity index is 1240. The van der Waals surface area contributed by atoms with Crippen molar-refractivity contribution in [3.8, 4) is 11.5 Å². The van der Waals surface area contributed by atoms with Gasteiger partial charge in [-0.3, -0.25) is 0 Å². The quantitative estimate of drug-likeness (QED) is 0.334. The molecule has 3 aromatic carbocycles. The van der Waals surface area contributed by atoms with Crippen molar-refractivity contribution in [2.75, 3.05) is 14.2 Å². The van der Waals surface area contributed by atoms with Crippen molar-refractivity contribution in [3.63, 3.8) is 0 Å². The van der Waals surface area contributed by atoms with Crippen LogP contribution in [-0.2, 0) is 32.5 Å². The van der Waals surface area contributed by atoms with E-state index in [0.717, 1.165) is 5.56 Å². The van der Waals surface area contributed by atoms with Gasteiger partial charge >= 0.3 is 5.97 Å². The van der Waals surface area contributed by atoms with Gasteiger partial charge in [-0.05, 0) is 54.4 Å². The van der Waals surface area contributed by atoms with Gasteiger partial charge in [-0.1, -0.05) is 35.9 Å². The molecular weight excluding hydrogens is 458 g/mol. The monoisotopic (exact) mass is 485 g/mol. The van der Waals surface area contributed by atoms with E-state index in [1.807, 2.05) is 25.1 Å². The van der Waals surface area contributed by atoms with Gasteiger partial charge in [0, 0.05) is 20.1 Å². The molecule has 0 radical (unpaired) electrons. The van der Waals surface area contributed by atoms with Gasteiger partial charge in [-0.2, -0.15) is 0 Å². The zero-order chi connectivity index (χ0) is 24.7. The lowest BCUT2D eigenvalue weighted by molar-refractivity contribution is -0.0724. The molecule has 3 aromatic rings. The van der Waals surface area contributed by atoms with Crippen molar-refractivity contribution in [3.05, 3.63) is 89.0 Å². The lowest BCUT2D eigenvalue weighted by Gasteiger charge is -2.16. The molecule has 0 aromatic heterocycles. The van der Waals surface area contributed by atoms with Gasteiger partial charge < -0.3 is 19.3 Å². The second-order valence-electron chi connectivity index (χ2n) is 7.56. The van der Waals surface area contributed by atoms with E-state index in [-0.39, 0.29) is 23.4 Å². The van der Waals surface area contributed by atoms with Crippen LogP contribution in [0.4, 0.5) is 0 Å². The number of nitrogens with one attached hydrogen (secondary N) is 1. The Balaban J connectivity index is 1.89. The Kier molecular flexibility index (Phi) is 8.41. The Morgan fingerprint density at radius 3 is 2.38 bits per heavy atom. The Hall–Kier alpha value is -3.24. The summed E-state index contributed by atoms with van der Waals surface area (Å²) in [6, 6.07) is 18.6. The van der Waals surface area contributed by atoms with Crippen LogP contribution in [0, 0.1) is 6.92 Å². The summed E-state index contributed by atoms with van der Waals surface area (Å²) < 4.78 is 44.4. The number of aliphatic hydroxyl groups is 1. The van der Waals surface area contributed by atoms with Crippen LogP contribution in [0.25, 0.3) is 0 Å². The van der Waals surface area contributed by atoms with Crippen LogP contribution in [0.2, 0.25) is 0 Å². The van der Waals surface area contributed by atoms with Crippen LogP contribution in [0.3, 0.4) is 0 Å². The zero-order valence-electron chi connectivity index (χ0n) is 19.1. The minimum absolute atomic E-state index is 0.00222. The van der Waals surface area contributed by atoms with Crippen molar-refractivity contribution in [2.24, 2.45) is 0 Å². The van der Waals surface area contributed by atoms with Crippen LogP contribution in [0.5, 0.6) is 11.5 Å². The molecule has 0 amide bonds. The van der Waals surface area contributed by atoms with E-state index in [0.29, 0.717) is 22.6 Å². The number of ether oxygens (including phenoxy) is 3. The second-order valence-corrected chi connectivity index (χ2v) is 9.29. The number of benzene rings is 3. The highest BCUT2D eigenvalue weighted by molar-refractivity contribution is 7.89.